The molecule has 0 heterocycles. The molecular weight excluding hydrogens is 250 g/mol. The third kappa shape index (κ3) is 3.45. The van der Waals surface area contributed by atoms with Crippen LogP contribution < -0.4 is 9.64 Å². The maximum absolute atomic E-state index is 10.3. The van der Waals surface area contributed by atoms with Crippen molar-refractivity contribution in [3.8, 4) is 5.75 Å². The molecule has 1 fully saturated rings. The molecule has 0 radical (unpaired) electrons. The van der Waals surface area contributed by atoms with Crippen molar-refractivity contribution in [3.63, 3.8) is 0 Å². The van der Waals surface area contributed by atoms with E-state index in [-0.39, 0.29) is 6.10 Å². The highest BCUT2D eigenvalue weighted by Crippen LogP contribution is 2.34. The molecule has 0 spiro atoms. The molecule has 1 aliphatic carbocycles. The van der Waals surface area contributed by atoms with Gasteiger partial charge < -0.3 is 14.7 Å². The Kier molecular flexibility index (Phi) is 4.92. The lowest BCUT2D eigenvalue weighted by atomic mass is 9.73. The van der Waals surface area contributed by atoms with E-state index < -0.39 is 0 Å². The minimum atomic E-state index is -0.172. The molecule has 1 N–H and O–H groups in total. The fourth-order valence-electron chi connectivity index (χ4n) is 3.43. The fraction of sp³-hybridized carbons (Fsp3) is 0.647. The monoisotopic (exact) mass is 277 g/mol. The van der Waals surface area contributed by atoms with Gasteiger partial charge in [0.25, 0.3) is 0 Å². The van der Waals surface area contributed by atoms with Gasteiger partial charge >= 0.3 is 0 Å². The van der Waals surface area contributed by atoms with Crippen LogP contribution in [0.4, 0.5) is 5.69 Å². The van der Waals surface area contributed by atoms with Crippen molar-refractivity contribution < 1.29 is 9.84 Å². The molecule has 0 aliphatic heterocycles. The van der Waals surface area contributed by atoms with Gasteiger partial charge in [-0.05, 0) is 48.9 Å². The first-order valence-electron chi connectivity index (χ1n) is 7.54. The summed E-state index contributed by atoms with van der Waals surface area (Å²) in [6.07, 6.45) is 1.98. The summed E-state index contributed by atoms with van der Waals surface area (Å²) in [5.74, 6) is 2.46. The van der Waals surface area contributed by atoms with Gasteiger partial charge in [0.1, 0.15) is 5.75 Å². The zero-order chi connectivity index (χ0) is 14.7. The van der Waals surface area contributed by atoms with Crippen LogP contribution >= 0.6 is 0 Å². The number of anilines is 1. The van der Waals surface area contributed by atoms with Crippen molar-refractivity contribution >= 4 is 5.69 Å². The van der Waals surface area contributed by atoms with Crippen LogP contribution in [0.25, 0.3) is 0 Å². The van der Waals surface area contributed by atoms with Crippen LogP contribution in [0.15, 0.2) is 24.3 Å². The molecule has 0 aromatic heterocycles. The van der Waals surface area contributed by atoms with Gasteiger partial charge in [0.2, 0.25) is 0 Å². The van der Waals surface area contributed by atoms with Crippen molar-refractivity contribution in [2.45, 2.75) is 32.8 Å². The number of benzene rings is 1. The number of rotatable bonds is 4. The smallest absolute Gasteiger partial charge is 0.119 e. The molecule has 1 aromatic rings. The number of ether oxygens (including phenoxy) is 1. The summed E-state index contributed by atoms with van der Waals surface area (Å²) >= 11 is 0. The van der Waals surface area contributed by atoms with Gasteiger partial charge in [-0.15, -0.1) is 0 Å². The third-order valence-electron chi connectivity index (χ3n) is 4.64. The van der Waals surface area contributed by atoms with Gasteiger partial charge in [-0.3, -0.25) is 0 Å². The van der Waals surface area contributed by atoms with E-state index in [1.54, 1.807) is 7.11 Å². The first-order valence-corrected chi connectivity index (χ1v) is 7.54. The first-order chi connectivity index (χ1) is 9.51. The lowest BCUT2D eigenvalue weighted by Gasteiger charge is -2.39. The largest absolute Gasteiger partial charge is 0.497 e. The molecule has 1 saturated carbocycles. The number of aliphatic hydroxyl groups excluding tert-OH is 1. The second kappa shape index (κ2) is 6.49. The fourth-order valence-corrected chi connectivity index (χ4v) is 3.43. The first kappa shape index (κ1) is 15.2. The third-order valence-corrected chi connectivity index (χ3v) is 4.64. The Balaban J connectivity index is 2.00. The van der Waals surface area contributed by atoms with Crippen LogP contribution in [-0.4, -0.2) is 31.9 Å². The van der Waals surface area contributed by atoms with Crippen molar-refractivity contribution in [2.24, 2.45) is 17.8 Å². The Hall–Kier alpha value is -1.22. The molecule has 3 nitrogen and oxygen atoms in total. The van der Waals surface area contributed by atoms with Crippen LogP contribution in [0.3, 0.4) is 0 Å². The Morgan fingerprint density at radius 2 is 1.85 bits per heavy atom. The van der Waals surface area contributed by atoms with Crippen molar-refractivity contribution in [1.29, 1.82) is 0 Å². The van der Waals surface area contributed by atoms with Crippen LogP contribution in [0.5, 0.6) is 5.75 Å². The standard InChI is InChI=1S/C17H27NO2/c1-12-9-13(2)16(17(19)10-12)11-18(3)14-5-7-15(20-4)8-6-14/h5-8,12-13,16-17,19H,9-11H2,1-4H3. The second-order valence-corrected chi connectivity index (χ2v) is 6.36. The molecule has 112 valence electrons. The Bertz CT molecular complexity index is 406. The van der Waals surface area contributed by atoms with E-state index in [0.717, 1.165) is 18.7 Å². The van der Waals surface area contributed by atoms with Gasteiger partial charge in [-0.25, -0.2) is 0 Å². The van der Waals surface area contributed by atoms with Crippen LogP contribution in [-0.2, 0) is 0 Å². The number of aliphatic hydroxyl groups is 1. The summed E-state index contributed by atoms with van der Waals surface area (Å²) in [6.45, 7) is 5.41. The molecule has 4 unspecified atom stereocenters. The summed E-state index contributed by atoms with van der Waals surface area (Å²) in [6, 6.07) is 8.10. The molecule has 1 aliphatic rings. The Morgan fingerprint density at radius 3 is 2.40 bits per heavy atom. The van der Waals surface area contributed by atoms with Gasteiger partial charge in [-0.1, -0.05) is 13.8 Å². The molecular formula is C17H27NO2. The summed E-state index contributed by atoms with van der Waals surface area (Å²) in [5, 5.41) is 10.3. The molecule has 0 bridgehead atoms. The van der Waals surface area contributed by atoms with E-state index >= 15 is 0 Å². The van der Waals surface area contributed by atoms with E-state index in [1.807, 2.05) is 12.1 Å². The number of hydrogen-bond donors (Lipinski definition) is 1. The highest BCUT2D eigenvalue weighted by atomic mass is 16.5. The van der Waals surface area contributed by atoms with Crippen LogP contribution in [0.2, 0.25) is 0 Å². The summed E-state index contributed by atoms with van der Waals surface area (Å²) in [5.41, 5.74) is 1.17. The minimum absolute atomic E-state index is 0.172. The van der Waals surface area contributed by atoms with E-state index in [2.05, 4.69) is 37.9 Å². The lowest BCUT2D eigenvalue weighted by molar-refractivity contribution is 0.0205. The van der Waals surface area contributed by atoms with E-state index in [1.165, 1.54) is 12.1 Å². The average molecular weight is 277 g/mol. The number of nitrogens with zero attached hydrogens (tertiary/aromatic N) is 1. The molecule has 1 aromatic carbocycles. The van der Waals surface area contributed by atoms with E-state index in [9.17, 15) is 5.11 Å². The highest BCUT2D eigenvalue weighted by Gasteiger charge is 2.33. The highest BCUT2D eigenvalue weighted by molar-refractivity contribution is 5.48. The van der Waals surface area contributed by atoms with Gasteiger partial charge in [-0.2, -0.15) is 0 Å². The Labute approximate surface area is 122 Å². The molecule has 0 saturated heterocycles. The maximum Gasteiger partial charge on any atom is 0.119 e. The molecule has 0 amide bonds. The zero-order valence-electron chi connectivity index (χ0n) is 13.0. The normalized spacial score (nSPS) is 30.1. The van der Waals surface area contributed by atoms with Gasteiger partial charge in [0, 0.05) is 25.2 Å². The zero-order valence-corrected chi connectivity index (χ0v) is 13.0. The topological polar surface area (TPSA) is 32.7 Å². The molecule has 3 heteroatoms. The quantitative estimate of drug-likeness (QED) is 0.917. The molecule has 4 atom stereocenters. The average Bonchev–Trinajstić information content (AvgIpc) is 2.42. The molecule has 20 heavy (non-hydrogen) atoms. The van der Waals surface area contributed by atoms with E-state index in [4.69, 9.17) is 4.74 Å². The predicted octanol–water partition coefficient (Wildman–Crippen LogP) is 3.17. The van der Waals surface area contributed by atoms with Crippen LogP contribution in [0.1, 0.15) is 26.7 Å². The summed E-state index contributed by atoms with van der Waals surface area (Å²) in [4.78, 5) is 2.24. The van der Waals surface area contributed by atoms with Gasteiger partial charge in [0.05, 0.1) is 13.2 Å². The van der Waals surface area contributed by atoms with Gasteiger partial charge in [0.15, 0.2) is 0 Å². The summed E-state index contributed by atoms with van der Waals surface area (Å²) < 4.78 is 5.19. The van der Waals surface area contributed by atoms with Crippen molar-refractivity contribution in [2.75, 3.05) is 25.6 Å². The van der Waals surface area contributed by atoms with Crippen molar-refractivity contribution in [3.05, 3.63) is 24.3 Å². The van der Waals surface area contributed by atoms with Crippen molar-refractivity contribution in [1.82, 2.24) is 0 Å². The second-order valence-electron chi connectivity index (χ2n) is 6.36. The number of methoxy groups -OCH3 is 1. The van der Waals surface area contributed by atoms with E-state index in [0.29, 0.717) is 17.8 Å². The maximum atomic E-state index is 10.3. The summed E-state index contributed by atoms with van der Waals surface area (Å²) in [7, 11) is 3.78. The molecule has 2 rings (SSSR count). The predicted molar refractivity (Wildman–Crippen MR) is 83.3 cm³/mol. The van der Waals surface area contributed by atoms with Crippen LogP contribution in [0, 0.1) is 17.8 Å². The SMILES string of the molecule is COc1ccc(N(C)CC2C(C)CC(C)CC2O)cc1. The Morgan fingerprint density at radius 1 is 1.20 bits per heavy atom. The minimum Gasteiger partial charge on any atom is -0.497 e. The number of hydrogen-bond acceptors (Lipinski definition) is 3. The lowest BCUT2D eigenvalue weighted by Crippen LogP contribution is -2.41.